The number of nitrogens with zero attached hydrogens (tertiary/aromatic N) is 2. The van der Waals surface area contributed by atoms with E-state index in [9.17, 15) is 9.59 Å². The van der Waals surface area contributed by atoms with Crippen molar-refractivity contribution in [3.8, 4) is 0 Å². The summed E-state index contributed by atoms with van der Waals surface area (Å²) in [4.78, 5) is 26.0. The normalized spacial score (nSPS) is 25.0. The molecular weight excluding hydrogens is 352 g/mol. The van der Waals surface area contributed by atoms with Crippen LogP contribution in [0.5, 0.6) is 0 Å². The van der Waals surface area contributed by atoms with Crippen LogP contribution in [0.1, 0.15) is 18.4 Å². The third-order valence-electron chi connectivity index (χ3n) is 5.98. The van der Waals surface area contributed by atoms with E-state index >= 15 is 0 Å². The molecule has 3 heterocycles. The van der Waals surface area contributed by atoms with Crippen LogP contribution < -0.4 is 16.3 Å². The van der Waals surface area contributed by atoms with Crippen molar-refractivity contribution in [3.05, 3.63) is 70.6 Å². The third kappa shape index (κ3) is 4.51. The number of piperidine rings is 1. The number of aromatic nitrogens is 1. The summed E-state index contributed by atoms with van der Waals surface area (Å²) in [6.07, 6.45) is 6.59. The lowest BCUT2D eigenvalue weighted by molar-refractivity contribution is -0.134. The number of pyridine rings is 1. The molecule has 0 aliphatic carbocycles. The van der Waals surface area contributed by atoms with Crippen molar-refractivity contribution >= 4 is 5.91 Å². The quantitative estimate of drug-likeness (QED) is 0.823. The van der Waals surface area contributed by atoms with E-state index in [1.807, 2.05) is 4.90 Å². The van der Waals surface area contributed by atoms with Crippen LogP contribution in [-0.4, -0.2) is 41.1 Å². The standard InChI is InChI=1S/C22H28N4O2/c27-20-8-11-25(12-9-20)16-21(28)26-10-4-7-18(15-26)22-19(14-23-24-22)13-17-5-2-1-3-6-17/h1-3,5-6,8-9,11-12,18-19,22-24H,4,7,10,13-16H2. The maximum Gasteiger partial charge on any atom is 0.242 e. The van der Waals surface area contributed by atoms with Gasteiger partial charge in [0.05, 0.1) is 0 Å². The van der Waals surface area contributed by atoms with Gasteiger partial charge in [0.25, 0.3) is 0 Å². The minimum atomic E-state index is -0.0361. The van der Waals surface area contributed by atoms with Gasteiger partial charge in [0.1, 0.15) is 6.54 Å². The highest BCUT2D eigenvalue weighted by atomic mass is 16.2. The second-order valence-electron chi connectivity index (χ2n) is 7.95. The van der Waals surface area contributed by atoms with Crippen molar-refractivity contribution in [2.24, 2.45) is 11.8 Å². The molecule has 0 spiro atoms. The van der Waals surface area contributed by atoms with Gasteiger partial charge in [0.15, 0.2) is 5.43 Å². The Morgan fingerprint density at radius 3 is 2.68 bits per heavy atom. The number of amides is 1. The largest absolute Gasteiger partial charge is 0.345 e. The van der Waals surface area contributed by atoms with Crippen LogP contribution in [0.2, 0.25) is 0 Å². The fourth-order valence-corrected chi connectivity index (χ4v) is 4.51. The minimum absolute atomic E-state index is 0.0361. The lowest BCUT2D eigenvalue weighted by Crippen LogP contribution is -2.49. The number of carbonyl (C=O) groups is 1. The Labute approximate surface area is 165 Å². The zero-order valence-corrected chi connectivity index (χ0v) is 16.1. The fraction of sp³-hybridized carbons (Fsp3) is 0.455. The Hall–Kier alpha value is -2.44. The van der Waals surface area contributed by atoms with Crippen molar-refractivity contribution in [2.45, 2.75) is 31.8 Å². The molecule has 6 heteroatoms. The first-order chi connectivity index (χ1) is 13.7. The summed E-state index contributed by atoms with van der Waals surface area (Å²) in [5.41, 5.74) is 8.16. The van der Waals surface area contributed by atoms with Gasteiger partial charge in [-0.15, -0.1) is 0 Å². The van der Waals surface area contributed by atoms with Crippen LogP contribution in [0.3, 0.4) is 0 Å². The number of hydrogen-bond donors (Lipinski definition) is 2. The lowest BCUT2D eigenvalue weighted by atomic mass is 9.81. The molecule has 3 atom stereocenters. The van der Waals surface area contributed by atoms with Gasteiger partial charge < -0.3 is 9.47 Å². The molecule has 0 saturated carbocycles. The van der Waals surface area contributed by atoms with Crippen molar-refractivity contribution in [1.29, 1.82) is 0 Å². The smallest absolute Gasteiger partial charge is 0.242 e. The molecule has 28 heavy (non-hydrogen) atoms. The second kappa shape index (κ2) is 8.71. The maximum atomic E-state index is 12.8. The Kier molecular flexibility index (Phi) is 5.88. The molecule has 2 saturated heterocycles. The summed E-state index contributed by atoms with van der Waals surface area (Å²) < 4.78 is 1.78. The van der Waals surface area contributed by atoms with E-state index in [4.69, 9.17) is 0 Å². The number of benzene rings is 1. The van der Waals surface area contributed by atoms with E-state index < -0.39 is 0 Å². The Balaban J connectivity index is 1.37. The van der Waals surface area contributed by atoms with Crippen molar-refractivity contribution in [3.63, 3.8) is 0 Å². The molecule has 148 valence electrons. The molecule has 2 fully saturated rings. The molecule has 1 aromatic heterocycles. The second-order valence-corrected chi connectivity index (χ2v) is 7.95. The van der Waals surface area contributed by atoms with Crippen LogP contribution >= 0.6 is 0 Å². The maximum absolute atomic E-state index is 12.8. The molecule has 2 aliphatic rings. The molecule has 4 rings (SSSR count). The summed E-state index contributed by atoms with van der Waals surface area (Å²) in [5.74, 6) is 1.11. The molecular formula is C22H28N4O2. The first-order valence-corrected chi connectivity index (χ1v) is 10.2. The van der Waals surface area contributed by atoms with Gasteiger partial charge in [-0.1, -0.05) is 30.3 Å². The van der Waals surface area contributed by atoms with Crippen LogP contribution in [-0.2, 0) is 17.8 Å². The van der Waals surface area contributed by atoms with Crippen LogP contribution in [0.25, 0.3) is 0 Å². The topological polar surface area (TPSA) is 66.4 Å². The Morgan fingerprint density at radius 2 is 1.89 bits per heavy atom. The first kappa shape index (κ1) is 18.9. The van der Waals surface area contributed by atoms with Crippen molar-refractivity contribution in [1.82, 2.24) is 20.3 Å². The van der Waals surface area contributed by atoms with Crippen LogP contribution in [0.4, 0.5) is 0 Å². The van der Waals surface area contributed by atoms with E-state index in [1.165, 1.54) is 17.7 Å². The third-order valence-corrected chi connectivity index (χ3v) is 5.98. The molecule has 0 bridgehead atoms. The molecule has 2 aromatic rings. The van der Waals surface area contributed by atoms with Gasteiger partial charge in [-0.05, 0) is 36.7 Å². The fourth-order valence-electron chi connectivity index (χ4n) is 4.51. The Bertz CT molecular complexity index is 831. The number of nitrogens with one attached hydrogen (secondary N) is 2. The SMILES string of the molecule is O=C(Cn1ccc(=O)cc1)N1CCCC(C2NNCC2Cc2ccccc2)C1. The van der Waals surface area contributed by atoms with E-state index in [2.05, 4.69) is 41.2 Å². The van der Waals surface area contributed by atoms with Crippen molar-refractivity contribution < 1.29 is 4.79 Å². The number of rotatable bonds is 5. The summed E-state index contributed by atoms with van der Waals surface area (Å²) in [6, 6.07) is 14.0. The summed E-state index contributed by atoms with van der Waals surface area (Å²) in [6.45, 7) is 2.86. The van der Waals surface area contributed by atoms with Crippen LogP contribution in [0, 0.1) is 11.8 Å². The summed E-state index contributed by atoms with van der Waals surface area (Å²) in [7, 11) is 0. The van der Waals surface area contributed by atoms with E-state index in [0.29, 0.717) is 17.9 Å². The highest BCUT2D eigenvalue weighted by molar-refractivity contribution is 5.76. The Morgan fingerprint density at radius 1 is 1.11 bits per heavy atom. The number of likely N-dealkylation sites (tertiary alicyclic amines) is 1. The summed E-state index contributed by atoms with van der Waals surface area (Å²) >= 11 is 0. The van der Waals surface area contributed by atoms with Crippen LogP contribution in [0.15, 0.2) is 59.7 Å². The average molecular weight is 380 g/mol. The molecule has 0 radical (unpaired) electrons. The van der Waals surface area contributed by atoms with Gasteiger partial charge in [0, 0.05) is 50.2 Å². The van der Waals surface area contributed by atoms with E-state index in [0.717, 1.165) is 38.9 Å². The van der Waals surface area contributed by atoms with Crippen molar-refractivity contribution in [2.75, 3.05) is 19.6 Å². The predicted molar refractivity (Wildman–Crippen MR) is 109 cm³/mol. The number of carbonyl (C=O) groups excluding carboxylic acids is 1. The highest BCUT2D eigenvalue weighted by Crippen LogP contribution is 2.28. The number of hydrogen-bond acceptors (Lipinski definition) is 4. The number of hydrazine groups is 1. The molecule has 6 nitrogen and oxygen atoms in total. The first-order valence-electron chi connectivity index (χ1n) is 10.2. The molecule has 1 aromatic carbocycles. The minimum Gasteiger partial charge on any atom is -0.345 e. The van der Waals surface area contributed by atoms with Gasteiger partial charge in [-0.3, -0.25) is 20.4 Å². The average Bonchev–Trinajstić information content (AvgIpc) is 3.19. The summed E-state index contributed by atoms with van der Waals surface area (Å²) in [5, 5.41) is 0. The van der Waals surface area contributed by atoms with Gasteiger partial charge >= 0.3 is 0 Å². The highest BCUT2D eigenvalue weighted by Gasteiger charge is 2.36. The van der Waals surface area contributed by atoms with Gasteiger partial charge in [-0.25, -0.2) is 0 Å². The zero-order valence-electron chi connectivity index (χ0n) is 16.1. The molecule has 2 N–H and O–H groups in total. The molecule has 2 aliphatic heterocycles. The monoisotopic (exact) mass is 380 g/mol. The van der Waals surface area contributed by atoms with E-state index in [-0.39, 0.29) is 17.9 Å². The lowest BCUT2D eigenvalue weighted by Gasteiger charge is -2.37. The zero-order chi connectivity index (χ0) is 19.3. The van der Waals surface area contributed by atoms with Gasteiger partial charge in [0.2, 0.25) is 5.91 Å². The molecule has 1 amide bonds. The van der Waals surface area contributed by atoms with E-state index in [1.54, 1.807) is 17.0 Å². The predicted octanol–water partition coefficient (Wildman–Crippen LogP) is 1.42. The molecule has 3 unspecified atom stereocenters. The van der Waals surface area contributed by atoms with Gasteiger partial charge in [-0.2, -0.15) is 0 Å².